The van der Waals surface area contributed by atoms with E-state index in [9.17, 15) is 14.7 Å². The van der Waals surface area contributed by atoms with E-state index in [-0.39, 0.29) is 11.1 Å². The van der Waals surface area contributed by atoms with Gasteiger partial charge in [-0.1, -0.05) is 42.5 Å². The van der Waals surface area contributed by atoms with E-state index in [0.29, 0.717) is 11.4 Å². The highest BCUT2D eigenvalue weighted by Gasteiger charge is 2.06. The van der Waals surface area contributed by atoms with Crippen LogP contribution in [-0.2, 0) is 0 Å². The molecule has 2 aromatic carbocycles. The Morgan fingerprint density at radius 3 is 2.29 bits per heavy atom. The lowest BCUT2D eigenvalue weighted by molar-refractivity contribution is -0.255. The van der Waals surface area contributed by atoms with E-state index in [0.717, 1.165) is 5.56 Å². The van der Waals surface area contributed by atoms with Crippen LogP contribution in [0.1, 0.15) is 10.4 Å². The molecular formula is C16H11N2O3-. The normalized spacial score (nSPS) is 10.5. The number of nitrogens with one attached hydrogen (secondary N) is 1. The Hall–Kier alpha value is -3.08. The fourth-order valence-corrected chi connectivity index (χ4v) is 2.10. The highest BCUT2D eigenvalue weighted by molar-refractivity contribution is 5.85. The van der Waals surface area contributed by atoms with Crippen molar-refractivity contribution in [3.63, 3.8) is 0 Å². The highest BCUT2D eigenvalue weighted by atomic mass is 16.4. The maximum Gasteiger partial charge on any atom is 0.271 e. The van der Waals surface area contributed by atoms with Crippen molar-refractivity contribution < 1.29 is 9.90 Å². The van der Waals surface area contributed by atoms with E-state index < -0.39 is 5.97 Å². The summed E-state index contributed by atoms with van der Waals surface area (Å²) in [4.78, 5) is 22.8. The third-order valence-corrected chi connectivity index (χ3v) is 3.17. The zero-order valence-electron chi connectivity index (χ0n) is 10.9. The molecule has 3 rings (SSSR count). The second-order valence-electron chi connectivity index (χ2n) is 4.54. The number of H-pyrrole nitrogens is 1. The predicted molar refractivity (Wildman–Crippen MR) is 76.2 cm³/mol. The average Bonchev–Trinajstić information content (AvgIpc) is 2.90. The van der Waals surface area contributed by atoms with Gasteiger partial charge in [-0.2, -0.15) is 0 Å². The van der Waals surface area contributed by atoms with E-state index in [4.69, 9.17) is 0 Å². The number of hydrogen-bond acceptors (Lipinski definition) is 3. The fourth-order valence-electron chi connectivity index (χ4n) is 2.10. The minimum atomic E-state index is -1.25. The zero-order valence-corrected chi connectivity index (χ0v) is 10.9. The lowest BCUT2D eigenvalue weighted by Crippen LogP contribution is -2.22. The summed E-state index contributed by atoms with van der Waals surface area (Å²) in [5.74, 6) is -1.25. The van der Waals surface area contributed by atoms with Gasteiger partial charge < -0.3 is 9.90 Å². The summed E-state index contributed by atoms with van der Waals surface area (Å²) < 4.78 is 1.36. The first-order valence-corrected chi connectivity index (χ1v) is 6.34. The molecule has 5 nitrogen and oxygen atoms in total. The second-order valence-corrected chi connectivity index (χ2v) is 4.54. The molecule has 0 aliphatic carbocycles. The molecule has 0 spiro atoms. The van der Waals surface area contributed by atoms with Gasteiger partial charge in [0.15, 0.2) is 0 Å². The molecule has 0 atom stereocenters. The second kappa shape index (κ2) is 5.13. The van der Waals surface area contributed by atoms with Gasteiger partial charge in [0, 0.05) is 6.07 Å². The summed E-state index contributed by atoms with van der Waals surface area (Å²) in [6.45, 7) is 0. The molecule has 0 saturated heterocycles. The molecule has 104 valence electrons. The van der Waals surface area contributed by atoms with E-state index in [2.05, 4.69) is 5.10 Å². The number of benzene rings is 2. The van der Waals surface area contributed by atoms with Gasteiger partial charge in [0.25, 0.3) is 5.56 Å². The number of carbonyl (C=O) groups excluding carboxylic acids is 1. The number of hydrogen-bond donors (Lipinski definition) is 1. The summed E-state index contributed by atoms with van der Waals surface area (Å²) in [5.41, 5.74) is 2.02. The van der Waals surface area contributed by atoms with Crippen molar-refractivity contribution in [1.29, 1.82) is 0 Å². The summed E-state index contributed by atoms with van der Waals surface area (Å²) in [6.07, 6.45) is 0. The van der Waals surface area contributed by atoms with Gasteiger partial charge in [-0.05, 0) is 23.3 Å². The summed E-state index contributed by atoms with van der Waals surface area (Å²) >= 11 is 0. The quantitative estimate of drug-likeness (QED) is 0.782. The number of carboxylic acids is 1. The van der Waals surface area contributed by atoms with Crippen LogP contribution in [0.4, 0.5) is 0 Å². The van der Waals surface area contributed by atoms with Gasteiger partial charge in [-0.25, -0.2) is 4.68 Å². The number of carboxylic acid groups (broad SMARTS) is 1. The van der Waals surface area contributed by atoms with Gasteiger partial charge in [-0.15, -0.1) is 0 Å². The number of nitrogens with zero attached hydrogens (tertiary/aromatic N) is 1. The number of aromatic amines is 1. The number of rotatable bonds is 3. The van der Waals surface area contributed by atoms with E-state index in [1.165, 1.54) is 22.9 Å². The zero-order chi connectivity index (χ0) is 14.8. The van der Waals surface area contributed by atoms with Crippen molar-refractivity contribution in [2.45, 2.75) is 0 Å². The van der Waals surface area contributed by atoms with Crippen LogP contribution in [-0.4, -0.2) is 15.7 Å². The summed E-state index contributed by atoms with van der Waals surface area (Å²) in [6, 6.07) is 16.9. The minimum Gasteiger partial charge on any atom is -0.545 e. The first kappa shape index (κ1) is 12.9. The van der Waals surface area contributed by atoms with Crippen molar-refractivity contribution in [1.82, 2.24) is 9.78 Å². The molecular weight excluding hydrogens is 268 g/mol. The van der Waals surface area contributed by atoms with Crippen LogP contribution in [0.2, 0.25) is 0 Å². The topological polar surface area (TPSA) is 77.9 Å². The number of aromatic carboxylic acids is 1. The molecule has 1 heterocycles. The molecule has 0 aliphatic rings. The molecule has 3 aromatic rings. The Bertz CT molecular complexity index is 830. The molecule has 1 aromatic heterocycles. The molecule has 21 heavy (non-hydrogen) atoms. The van der Waals surface area contributed by atoms with Crippen LogP contribution in [0, 0.1) is 0 Å². The van der Waals surface area contributed by atoms with Gasteiger partial charge in [0.1, 0.15) is 0 Å². The highest BCUT2D eigenvalue weighted by Crippen LogP contribution is 2.15. The van der Waals surface area contributed by atoms with Gasteiger partial charge >= 0.3 is 0 Å². The first-order valence-electron chi connectivity index (χ1n) is 6.34. The Balaban J connectivity index is 2.02. The standard InChI is InChI=1S/C16H12N2O3/c19-15-10-14(11-4-2-1-3-5-11)17-18(15)13-8-6-12(7-9-13)16(20)21/h1-10,17H,(H,20,21)/p-1. The van der Waals surface area contributed by atoms with Crippen LogP contribution < -0.4 is 10.7 Å². The molecule has 0 amide bonds. The smallest absolute Gasteiger partial charge is 0.271 e. The van der Waals surface area contributed by atoms with Crippen LogP contribution in [0.15, 0.2) is 65.5 Å². The SMILES string of the molecule is O=C([O-])c1ccc(-n2[nH]c(-c3ccccc3)cc2=O)cc1. The van der Waals surface area contributed by atoms with E-state index in [1.807, 2.05) is 30.3 Å². The predicted octanol–water partition coefficient (Wildman–Crippen LogP) is 1.20. The fraction of sp³-hybridized carbons (Fsp3) is 0. The maximum atomic E-state index is 12.0. The van der Waals surface area contributed by atoms with E-state index in [1.54, 1.807) is 12.1 Å². The van der Waals surface area contributed by atoms with Crippen molar-refractivity contribution >= 4 is 5.97 Å². The molecule has 0 fully saturated rings. The Morgan fingerprint density at radius 2 is 1.67 bits per heavy atom. The summed E-state index contributed by atoms with van der Waals surface area (Å²) in [5, 5.41) is 13.7. The monoisotopic (exact) mass is 279 g/mol. The average molecular weight is 279 g/mol. The Morgan fingerprint density at radius 1 is 1.00 bits per heavy atom. The molecule has 0 unspecified atom stereocenters. The molecule has 0 saturated carbocycles. The third kappa shape index (κ3) is 2.49. The molecule has 0 bridgehead atoms. The van der Waals surface area contributed by atoms with Crippen LogP contribution in [0.5, 0.6) is 0 Å². The Kier molecular flexibility index (Phi) is 3.16. The largest absolute Gasteiger partial charge is 0.545 e. The van der Waals surface area contributed by atoms with Crippen molar-refractivity contribution in [3.05, 3.63) is 76.6 Å². The molecule has 5 heteroatoms. The van der Waals surface area contributed by atoms with E-state index >= 15 is 0 Å². The third-order valence-electron chi connectivity index (χ3n) is 3.17. The van der Waals surface area contributed by atoms with Crippen LogP contribution in [0.3, 0.4) is 0 Å². The lowest BCUT2D eigenvalue weighted by Gasteiger charge is -2.05. The first-order chi connectivity index (χ1) is 10.1. The number of aromatic nitrogens is 2. The van der Waals surface area contributed by atoms with Crippen molar-refractivity contribution in [2.24, 2.45) is 0 Å². The summed E-state index contributed by atoms with van der Waals surface area (Å²) in [7, 11) is 0. The van der Waals surface area contributed by atoms with Gasteiger partial charge in [-0.3, -0.25) is 9.89 Å². The molecule has 0 radical (unpaired) electrons. The lowest BCUT2D eigenvalue weighted by atomic mass is 10.2. The maximum absolute atomic E-state index is 12.0. The minimum absolute atomic E-state index is 0.0710. The van der Waals surface area contributed by atoms with Gasteiger partial charge in [0.05, 0.1) is 17.4 Å². The molecule has 0 aliphatic heterocycles. The Labute approximate surface area is 120 Å². The van der Waals surface area contributed by atoms with Crippen molar-refractivity contribution in [3.8, 4) is 16.9 Å². The number of carbonyl (C=O) groups is 1. The van der Waals surface area contributed by atoms with Gasteiger partial charge in [0.2, 0.25) is 0 Å². The molecule has 1 N–H and O–H groups in total. The van der Waals surface area contributed by atoms with Crippen molar-refractivity contribution in [2.75, 3.05) is 0 Å². The van der Waals surface area contributed by atoms with Crippen LogP contribution >= 0.6 is 0 Å². The van der Waals surface area contributed by atoms with Crippen LogP contribution in [0.25, 0.3) is 16.9 Å².